The smallest absolute Gasteiger partial charge is 0.236 e. The molecule has 1 aliphatic rings. The van der Waals surface area contributed by atoms with Crippen molar-refractivity contribution in [1.82, 2.24) is 4.98 Å². The summed E-state index contributed by atoms with van der Waals surface area (Å²) in [4.78, 5) is 16.5. The Morgan fingerprint density at radius 2 is 2.06 bits per heavy atom. The maximum absolute atomic E-state index is 12.3. The van der Waals surface area contributed by atoms with Gasteiger partial charge in [-0.3, -0.25) is 4.79 Å². The minimum atomic E-state index is -0.334. The molecule has 0 unspecified atom stereocenters. The van der Waals surface area contributed by atoms with Gasteiger partial charge in [0.25, 0.3) is 0 Å². The highest BCUT2D eigenvalue weighted by Gasteiger charge is 2.51. The lowest BCUT2D eigenvalue weighted by molar-refractivity contribution is -0.118. The van der Waals surface area contributed by atoms with E-state index in [1.807, 2.05) is 30.3 Å². The normalized spacial score (nSPS) is 16.3. The van der Waals surface area contributed by atoms with E-state index in [2.05, 4.69) is 26.2 Å². The van der Waals surface area contributed by atoms with E-state index in [0.717, 1.165) is 22.2 Å². The van der Waals surface area contributed by atoms with Crippen molar-refractivity contribution >= 4 is 38.3 Å². The largest absolute Gasteiger partial charge is 0.301 e. The van der Waals surface area contributed by atoms with Crippen LogP contribution in [0.4, 0.5) is 5.13 Å². The van der Waals surface area contributed by atoms with Crippen molar-refractivity contribution in [2.75, 3.05) is 5.32 Å². The zero-order valence-electron chi connectivity index (χ0n) is 9.52. The number of hydrogen-bond acceptors (Lipinski definition) is 3. The van der Waals surface area contributed by atoms with Crippen LogP contribution in [0, 0.1) is 0 Å². The number of nitrogens with one attached hydrogen (secondary N) is 1. The van der Waals surface area contributed by atoms with Gasteiger partial charge in [-0.05, 0) is 34.3 Å². The summed E-state index contributed by atoms with van der Waals surface area (Å²) in [7, 11) is 0. The van der Waals surface area contributed by atoms with Crippen LogP contribution in [0.2, 0.25) is 0 Å². The standard InChI is InChI=1S/C13H11BrN2OS/c14-10-8-15-12(18-10)16-11(17)13(6-7-13)9-4-2-1-3-5-9/h1-5,8H,6-7H2,(H,15,16,17). The lowest BCUT2D eigenvalue weighted by Crippen LogP contribution is -2.27. The Morgan fingerprint density at radius 1 is 1.33 bits per heavy atom. The second kappa shape index (κ2) is 4.48. The fourth-order valence-corrected chi connectivity index (χ4v) is 3.16. The summed E-state index contributed by atoms with van der Waals surface area (Å²) in [6, 6.07) is 9.95. The van der Waals surface area contributed by atoms with Crippen molar-refractivity contribution in [2.24, 2.45) is 0 Å². The Balaban J connectivity index is 1.81. The molecule has 1 aromatic heterocycles. The van der Waals surface area contributed by atoms with Crippen molar-refractivity contribution < 1.29 is 4.79 Å². The summed E-state index contributed by atoms with van der Waals surface area (Å²) in [5.74, 6) is 0.0514. The van der Waals surface area contributed by atoms with Gasteiger partial charge in [0, 0.05) is 0 Å². The third-order valence-electron chi connectivity index (χ3n) is 3.21. The van der Waals surface area contributed by atoms with Crippen LogP contribution in [0.1, 0.15) is 18.4 Å². The van der Waals surface area contributed by atoms with Gasteiger partial charge < -0.3 is 5.32 Å². The van der Waals surface area contributed by atoms with E-state index in [9.17, 15) is 4.79 Å². The van der Waals surface area contributed by atoms with Gasteiger partial charge in [0.1, 0.15) is 0 Å². The zero-order valence-corrected chi connectivity index (χ0v) is 11.9. The number of amides is 1. The Kier molecular flexibility index (Phi) is 2.95. The van der Waals surface area contributed by atoms with E-state index in [-0.39, 0.29) is 11.3 Å². The molecule has 1 fully saturated rings. The molecule has 1 saturated carbocycles. The monoisotopic (exact) mass is 322 g/mol. The lowest BCUT2D eigenvalue weighted by atomic mass is 9.95. The molecule has 1 heterocycles. The van der Waals surface area contributed by atoms with Crippen molar-refractivity contribution in [3.05, 3.63) is 45.9 Å². The van der Waals surface area contributed by atoms with Gasteiger partial charge in [-0.15, -0.1) is 0 Å². The van der Waals surface area contributed by atoms with Gasteiger partial charge in [0.05, 0.1) is 15.4 Å². The summed E-state index contributed by atoms with van der Waals surface area (Å²) < 4.78 is 0.919. The highest BCUT2D eigenvalue weighted by molar-refractivity contribution is 9.11. The number of benzene rings is 1. The van der Waals surface area contributed by atoms with E-state index in [0.29, 0.717) is 5.13 Å². The summed E-state index contributed by atoms with van der Waals surface area (Å²) in [5.41, 5.74) is 0.762. The van der Waals surface area contributed by atoms with Crippen molar-refractivity contribution in [3.8, 4) is 0 Å². The van der Waals surface area contributed by atoms with Crippen LogP contribution in [0.5, 0.6) is 0 Å². The highest BCUT2D eigenvalue weighted by atomic mass is 79.9. The van der Waals surface area contributed by atoms with Crippen LogP contribution >= 0.6 is 27.3 Å². The molecule has 0 radical (unpaired) electrons. The first kappa shape index (κ1) is 11.9. The molecule has 5 heteroatoms. The molecule has 18 heavy (non-hydrogen) atoms. The minimum Gasteiger partial charge on any atom is -0.301 e. The SMILES string of the molecule is O=C(Nc1ncc(Br)s1)C1(c2ccccc2)CC1. The second-order valence-corrected chi connectivity index (χ2v) is 6.78. The number of carbonyl (C=O) groups is 1. The second-order valence-electron chi connectivity index (χ2n) is 4.37. The minimum absolute atomic E-state index is 0.0514. The molecular weight excluding hydrogens is 312 g/mol. The van der Waals surface area contributed by atoms with Crippen LogP contribution in [-0.2, 0) is 10.2 Å². The van der Waals surface area contributed by atoms with E-state index in [1.165, 1.54) is 11.3 Å². The molecule has 3 rings (SSSR count). The molecule has 1 aliphatic carbocycles. The van der Waals surface area contributed by atoms with Gasteiger partial charge in [-0.2, -0.15) is 0 Å². The molecule has 2 aromatic rings. The first-order valence-corrected chi connectivity index (χ1v) is 7.30. The van der Waals surface area contributed by atoms with Crippen molar-refractivity contribution in [2.45, 2.75) is 18.3 Å². The highest BCUT2D eigenvalue weighted by Crippen LogP contribution is 2.49. The van der Waals surface area contributed by atoms with E-state index in [4.69, 9.17) is 0 Å². The van der Waals surface area contributed by atoms with Gasteiger partial charge in [0.15, 0.2) is 5.13 Å². The van der Waals surface area contributed by atoms with E-state index in [1.54, 1.807) is 6.20 Å². The van der Waals surface area contributed by atoms with Crippen LogP contribution in [0.25, 0.3) is 0 Å². The number of carbonyl (C=O) groups excluding carboxylic acids is 1. The topological polar surface area (TPSA) is 42.0 Å². The van der Waals surface area contributed by atoms with Crippen LogP contribution < -0.4 is 5.32 Å². The first-order valence-electron chi connectivity index (χ1n) is 5.69. The van der Waals surface area contributed by atoms with Gasteiger partial charge in [-0.25, -0.2) is 4.98 Å². The van der Waals surface area contributed by atoms with Crippen LogP contribution in [0.15, 0.2) is 40.3 Å². The fourth-order valence-electron chi connectivity index (χ4n) is 2.06. The molecule has 92 valence electrons. The molecule has 0 saturated heterocycles. The molecule has 1 amide bonds. The Labute approximate surface area is 117 Å². The average Bonchev–Trinajstić information content (AvgIpc) is 3.10. The third kappa shape index (κ3) is 2.08. The maximum atomic E-state index is 12.3. The van der Waals surface area contributed by atoms with Crippen LogP contribution in [-0.4, -0.2) is 10.9 Å². The number of hydrogen-bond donors (Lipinski definition) is 1. The van der Waals surface area contributed by atoms with E-state index >= 15 is 0 Å². The zero-order chi connectivity index (χ0) is 12.6. The molecule has 3 nitrogen and oxygen atoms in total. The molecule has 0 atom stereocenters. The summed E-state index contributed by atoms with van der Waals surface area (Å²) >= 11 is 4.77. The van der Waals surface area contributed by atoms with Gasteiger partial charge in [0.2, 0.25) is 5.91 Å². The summed E-state index contributed by atoms with van der Waals surface area (Å²) in [5, 5.41) is 3.55. The summed E-state index contributed by atoms with van der Waals surface area (Å²) in [6.45, 7) is 0. The first-order chi connectivity index (χ1) is 8.71. The number of aromatic nitrogens is 1. The van der Waals surface area contributed by atoms with Crippen molar-refractivity contribution in [3.63, 3.8) is 0 Å². The summed E-state index contributed by atoms with van der Waals surface area (Å²) in [6.07, 6.45) is 3.52. The molecule has 0 bridgehead atoms. The van der Waals surface area contributed by atoms with Crippen molar-refractivity contribution in [1.29, 1.82) is 0 Å². The fraction of sp³-hybridized carbons (Fsp3) is 0.231. The Hall–Kier alpha value is -1.20. The predicted octanol–water partition coefficient (Wildman–Crippen LogP) is 3.58. The molecule has 0 aliphatic heterocycles. The quantitative estimate of drug-likeness (QED) is 0.938. The van der Waals surface area contributed by atoms with Gasteiger partial charge in [-0.1, -0.05) is 41.7 Å². The maximum Gasteiger partial charge on any atom is 0.236 e. The Morgan fingerprint density at radius 3 is 2.61 bits per heavy atom. The van der Waals surface area contributed by atoms with Crippen LogP contribution in [0.3, 0.4) is 0 Å². The molecule has 1 aromatic carbocycles. The number of rotatable bonds is 3. The predicted molar refractivity (Wildman–Crippen MR) is 75.8 cm³/mol. The average molecular weight is 323 g/mol. The Bertz CT molecular complexity index is 578. The molecule has 0 spiro atoms. The number of anilines is 1. The lowest BCUT2D eigenvalue weighted by Gasteiger charge is -2.14. The number of nitrogens with zero attached hydrogens (tertiary/aromatic N) is 1. The molecule has 1 N–H and O–H groups in total. The van der Waals surface area contributed by atoms with E-state index < -0.39 is 0 Å². The number of halogens is 1. The third-order valence-corrected chi connectivity index (χ3v) is 4.60. The van der Waals surface area contributed by atoms with Gasteiger partial charge >= 0.3 is 0 Å². The molecular formula is C13H11BrN2OS. The number of thiazole rings is 1.